The summed E-state index contributed by atoms with van der Waals surface area (Å²) in [6.45, 7) is 0. The number of benzene rings is 2. The average molecular weight is 413 g/mol. The SMILES string of the molecule is N#Cc1ccc(CSc2nnc(NC(=O)CSCc3ccccc3)s2)cc1. The molecule has 1 heterocycles. The fourth-order valence-corrected chi connectivity index (χ4v) is 4.64. The minimum atomic E-state index is -0.0734. The molecule has 0 radical (unpaired) electrons. The summed E-state index contributed by atoms with van der Waals surface area (Å²) in [7, 11) is 0. The van der Waals surface area contributed by atoms with Crippen molar-refractivity contribution in [3.05, 3.63) is 71.3 Å². The van der Waals surface area contributed by atoms with Gasteiger partial charge in [-0.1, -0.05) is 65.6 Å². The van der Waals surface area contributed by atoms with E-state index in [1.165, 1.54) is 16.9 Å². The van der Waals surface area contributed by atoms with Gasteiger partial charge in [0.1, 0.15) is 0 Å². The Labute approximate surface area is 170 Å². The van der Waals surface area contributed by atoms with Gasteiger partial charge in [0.25, 0.3) is 0 Å². The van der Waals surface area contributed by atoms with Crippen molar-refractivity contribution >= 4 is 45.9 Å². The summed E-state index contributed by atoms with van der Waals surface area (Å²) < 4.78 is 0.798. The number of carbonyl (C=O) groups excluding carboxylic acids is 1. The predicted octanol–water partition coefficient (Wildman–Crippen LogP) is 4.57. The van der Waals surface area contributed by atoms with E-state index in [9.17, 15) is 4.79 Å². The minimum Gasteiger partial charge on any atom is -0.300 e. The highest BCUT2D eigenvalue weighted by molar-refractivity contribution is 8.00. The van der Waals surface area contributed by atoms with Gasteiger partial charge in [0.05, 0.1) is 17.4 Å². The van der Waals surface area contributed by atoms with Crippen molar-refractivity contribution in [1.82, 2.24) is 10.2 Å². The normalized spacial score (nSPS) is 10.3. The van der Waals surface area contributed by atoms with Crippen molar-refractivity contribution in [2.75, 3.05) is 11.1 Å². The molecule has 0 unspecified atom stereocenters. The first-order valence-corrected chi connectivity index (χ1v) is 11.1. The van der Waals surface area contributed by atoms with Crippen LogP contribution in [0, 0.1) is 11.3 Å². The second kappa shape index (κ2) is 10.1. The first-order chi connectivity index (χ1) is 13.2. The van der Waals surface area contributed by atoms with Gasteiger partial charge in [-0.05, 0) is 23.3 Å². The molecule has 0 atom stereocenters. The lowest BCUT2D eigenvalue weighted by Crippen LogP contribution is -2.13. The molecule has 1 N–H and O–H groups in total. The molecule has 1 aromatic heterocycles. The maximum atomic E-state index is 12.0. The summed E-state index contributed by atoms with van der Waals surface area (Å²) in [5, 5.41) is 20.3. The van der Waals surface area contributed by atoms with Crippen molar-refractivity contribution in [2.45, 2.75) is 15.8 Å². The second-order valence-electron chi connectivity index (χ2n) is 5.50. The summed E-state index contributed by atoms with van der Waals surface area (Å²) in [4.78, 5) is 12.0. The summed E-state index contributed by atoms with van der Waals surface area (Å²) in [5.74, 6) is 1.84. The van der Waals surface area contributed by atoms with E-state index in [0.29, 0.717) is 16.4 Å². The lowest BCUT2D eigenvalue weighted by molar-refractivity contribution is -0.113. The zero-order chi connectivity index (χ0) is 18.9. The Kier molecular flexibility index (Phi) is 7.27. The van der Waals surface area contributed by atoms with E-state index in [1.807, 2.05) is 42.5 Å². The third-order valence-electron chi connectivity index (χ3n) is 3.44. The highest BCUT2D eigenvalue weighted by Gasteiger charge is 2.09. The van der Waals surface area contributed by atoms with Crippen LogP contribution in [-0.4, -0.2) is 21.9 Å². The highest BCUT2D eigenvalue weighted by atomic mass is 32.2. The number of nitriles is 1. The van der Waals surface area contributed by atoms with Gasteiger partial charge < -0.3 is 0 Å². The monoisotopic (exact) mass is 412 g/mol. The van der Waals surface area contributed by atoms with Crippen LogP contribution in [0.2, 0.25) is 0 Å². The van der Waals surface area contributed by atoms with E-state index in [0.717, 1.165) is 21.4 Å². The van der Waals surface area contributed by atoms with Gasteiger partial charge in [-0.25, -0.2) is 0 Å². The maximum Gasteiger partial charge on any atom is 0.236 e. The number of nitrogens with zero attached hydrogens (tertiary/aromatic N) is 3. The Morgan fingerprint density at radius 1 is 1.04 bits per heavy atom. The number of rotatable bonds is 8. The van der Waals surface area contributed by atoms with E-state index >= 15 is 0 Å². The van der Waals surface area contributed by atoms with Crippen LogP contribution >= 0.6 is 34.9 Å². The van der Waals surface area contributed by atoms with Crippen LogP contribution < -0.4 is 5.32 Å². The molecule has 3 rings (SSSR count). The zero-order valence-electron chi connectivity index (χ0n) is 14.3. The molecule has 27 heavy (non-hydrogen) atoms. The Hall–Kier alpha value is -2.34. The molecule has 0 spiro atoms. The topological polar surface area (TPSA) is 78.7 Å². The van der Waals surface area contributed by atoms with Crippen LogP contribution in [0.5, 0.6) is 0 Å². The number of nitrogens with one attached hydrogen (secondary N) is 1. The van der Waals surface area contributed by atoms with Crippen molar-refractivity contribution in [2.24, 2.45) is 0 Å². The van der Waals surface area contributed by atoms with E-state index in [4.69, 9.17) is 5.26 Å². The van der Waals surface area contributed by atoms with Crippen LogP contribution in [-0.2, 0) is 16.3 Å². The fourth-order valence-electron chi connectivity index (χ4n) is 2.13. The zero-order valence-corrected chi connectivity index (χ0v) is 16.7. The molecule has 0 saturated carbocycles. The Balaban J connectivity index is 1.41. The molecular weight excluding hydrogens is 396 g/mol. The van der Waals surface area contributed by atoms with Crippen LogP contribution in [0.1, 0.15) is 16.7 Å². The fraction of sp³-hybridized carbons (Fsp3) is 0.158. The number of hydrogen-bond donors (Lipinski definition) is 1. The Bertz CT molecular complexity index is 920. The molecule has 0 aliphatic carbocycles. The first kappa shape index (κ1) is 19.4. The molecule has 0 aliphatic heterocycles. The van der Waals surface area contributed by atoms with Gasteiger partial charge >= 0.3 is 0 Å². The van der Waals surface area contributed by atoms with Crippen molar-refractivity contribution in [3.8, 4) is 6.07 Å². The third kappa shape index (κ3) is 6.40. The Morgan fingerprint density at radius 3 is 2.52 bits per heavy atom. The molecule has 2 aromatic carbocycles. The molecule has 5 nitrogen and oxygen atoms in total. The number of thioether (sulfide) groups is 2. The second-order valence-corrected chi connectivity index (χ2v) is 8.68. The number of anilines is 1. The molecule has 8 heteroatoms. The lowest BCUT2D eigenvalue weighted by atomic mass is 10.2. The summed E-state index contributed by atoms with van der Waals surface area (Å²) in [5.41, 5.74) is 2.96. The van der Waals surface area contributed by atoms with Crippen molar-refractivity contribution in [3.63, 3.8) is 0 Å². The van der Waals surface area contributed by atoms with E-state index in [1.54, 1.807) is 35.7 Å². The smallest absolute Gasteiger partial charge is 0.236 e. The molecule has 3 aromatic rings. The van der Waals surface area contributed by atoms with Gasteiger partial charge in [0.2, 0.25) is 11.0 Å². The number of aromatic nitrogens is 2. The third-order valence-corrected chi connectivity index (χ3v) is 6.49. The average Bonchev–Trinajstić information content (AvgIpc) is 3.15. The van der Waals surface area contributed by atoms with Gasteiger partial charge in [0.15, 0.2) is 4.34 Å². The van der Waals surface area contributed by atoms with Gasteiger partial charge in [-0.2, -0.15) is 5.26 Å². The summed E-state index contributed by atoms with van der Waals surface area (Å²) in [6.07, 6.45) is 0. The predicted molar refractivity (Wildman–Crippen MR) is 112 cm³/mol. The largest absolute Gasteiger partial charge is 0.300 e. The van der Waals surface area contributed by atoms with Crippen LogP contribution in [0.4, 0.5) is 5.13 Å². The molecule has 0 aliphatic rings. The van der Waals surface area contributed by atoms with E-state index < -0.39 is 0 Å². The van der Waals surface area contributed by atoms with Crippen molar-refractivity contribution in [1.29, 1.82) is 5.26 Å². The van der Waals surface area contributed by atoms with Gasteiger partial charge in [-0.15, -0.1) is 22.0 Å². The molecule has 136 valence electrons. The van der Waals surface area contributed by atoms with Crippen LogP contribution in [0.25, 0.3) is 0 Å². The molecule has 1 amide bonds. The maximum absolute atomic E-state index is 12.0. The number of hydrogen-bond acceptors (Lipinski definition) is 7. The quantitative estimate of drug-likeness (QED) is 0.431. The summed E-state index contributed by atoms with van der Waals surface area (Å²) >= 11 is 4.49. The molecule has 0 saturated heterocycles. The van der Waals surface area contributed by atoms with Crippen molar-refractivity contribution < 1.29 is 4.79 Å². The molecule has 0 bridgehead atoms. The van der Waals surface area contributed by atoms with E-state index in [2.05, 4.69) is 21.6 Å². The Morgan fingerprint density at radius 2 is 1.78 bits per heavy atom. The number of carbonyl (C=O) groups is 1. The van der Waals surface area contributed by atoms with Gasteiger partial charge in [-0.3, -0.25) is 10.1 Å². The van der Waals surface area contributed by atoms with Crippen LogP contribution in [0.15, 0.2) is 58.9 Å². The molecular formula is C19H16N4OS3. The van der Waals surface area contributed by atoms with Gasteiger partial charge in [0, 0.05) is 11.5 Å². The van der Waals surface area contributed by atoms with E-state index in [-0.39, 0.29) is 5.91 Å². The minimum absolute atomic E-state index is 0.0734. The van der Waals surface area contributed by atoms with Crippen LogP contribution in [0.3, 0.4) is 0 Å². The lowest BCUT2D eigenvalue weighted by Gasteiger charge is -2.02. The highest BCUT2D eigenvalue weighted by Crippen LogP contribution is 2.28. The molecule has 0 fully saturated rings. The standard InChI is InChI=1S/C19H16N4OS3/c20-10-14-6-8-16(9-7-14)12-26-19-23-22-18(27-19)21-17(24)13-25-11-15-4-2-1-3-5-15/h1-9H,11-13H2,(H,21,22,24). The summed E-state index contributed by atoms with van der Waals surface area (Å²) in [6, 6.07) is 19.6. The number of amides is 1. The first-order valence-electron chi connectivity index (χ1n) is 8.10.